The van der Waals surface area contributed by atoms with Gasteiger partial charge < -0.3 is 19.7 Å². The van der Waals surface area contributed by atoms with Crippen molar-refractivity contribution in [1.82, 2.24) is 4.98 Å². The first-order chi connectivity index (χ1) is 13.6. The van der Waals surface area contributed by atoms with Crippen LogP contribution in [0.3, 0.4) is 0 Å². The smallest absolute Gasteiger partial charge is 0.231 e. The summed E-state index contributed by atoms with van der Waals surface area (Å²) in [6.45, 7) is 0.277. The van der Waals surface area contributed by atoms with Gasteiger partial charge in [0, 0.05) is 19.0 Å². The fraction of sp³-hybridized carbons (Fsp3) is 0.250. The minimum absolute atomic E-state index is 0.129. The summed E-state index contributed by atoms with van der Waals surface area (Å²) in [5, 5.41) is 3.39. The van der Waals surface area contributed by atoms with Crippen molar-refractivity contribution in [3.8, 4) is 11.5 Å². The highest BCUT2D eigenvalue weighted by atomic mass is 32.1. The molecule has 144 valence electrons. The van der Waals surface area contributed by atoms with Crippen LogP contribution in [0.1, 0.15) is 6.42 Å². The van der Waals surface area contributed by atoms with Crippen LogP contribution in [0.2, 0.25) is 0 Å². The fourth-order valence-corrected chi connectivity index (χ4v) is 4.13. The number of aromatic nitrogens is 1. The van der Waals surface area contributed by atoms with E-state index in [1.54, 1.807) is 37.3 Å². The standard InChI is InChI=1S/C20H19N3O4S/c1-26-13-7-8-16(27-2)15(10-13)23-11-12(9-18(23)24)19(25)22-20-21-14-5-3-4-6-17(14)28-20/h3-8,10,12H,9,11H2,1-2H3,(H,21,22,25)/t12-/m0/s1. The van der Waals surface area contributed by atoms with E-state index in [1.165, 1.54) is 11.3 Å². The van der Waals surface area contributed by atoms with Crippen LogP contribution in [0.5, 0.6) is 11.5 Å². The lowest BCUT2D eigenvalue weighted by atomic mass is 10.1. The molecule has 1 aromatic heterocycles. The third-order valence-electron chi connectivity index (χ3n) is 4.70. The summed E-state index contributed by atoms with van der Waals surface area (Å²) in [4.78, 5) is 31.3. The molecule has 2 heterocycles. The highest BCUT2D eigenvalue weighted by Crippen LogP contribution is 2.36. The van der Waals surface area contributed by atoms with Gasteiger partial charge in [-0.25, -0.2) is 4.98 Å². The Kier molecular flexibility index (Phi) is 4.87. The number of carbonyl (C=O) groups excluding carboxylic acids is 2. The largest absolute Gasteiger partial charge is 0.497 e. The number of fused-ring (bicyclic) bond motifs is 1. The number of amides is 2. The second-order valence-electron chi connectivity index (χ2n) is 6.42. The van der Waals surface area contributed by atoms with Crippen molar-refractivity contribution in [3.63, 3.8) is 0 Å². The Morgan fingerprint density at radius 1 is 1.21 bits per heavy atom. The molecule has 2 aromatic carbocycles. The maximum absolute atomic E-state index is 12.7. The van der Waals surface area contributed by atoms with Crippen molar-refractivity contribution >= 4 is 44.2 Å². The van der Waals surface area contributed by atoms with Gasteiger partial charge in [-0.2, -0.15) is 0 Å². The van der Waals surface area contributed by atoms with E-state index in [0.717, 1.165) is 10.2 Å². The molecule has 0 radical (unpaired) electrons. The van der Waals surface area contributed by atoms with Crippen LogP contribution >= 0.6 is 11.3 Å². The van der Waals surface area contributed by atoms with E-state index < -0.39 is 5.92 Å². The highest BCUT2D eigenvalue weighted by Gasteiger charge is 2.36. The van der Waals surface area contributed by atoms with E-state index in [2.05, 4.69) is 10.3 Å². The second-order valence-corrected chi connectivity index (χ2v) is 7.45. The summed E-state index contributed by atoms with van der Waals surface area (Å²) in [5.41, 5.74) is 1.44. The number of thiazole rings is 1. The Balaban J connectivity index is 1.52. The number of hydrogen-bond donors (Lipinski definition) is 1. The number of carbonyl (C=O) groups is 2. The molecule has 0 spiro atoms. The van der Waals surface area contributed by atoms with Gasteiger partial charge in [-0.05, 0) is 24.3 Å². The normalized spacial score (nSPS) is 16.4. The number of methoxy groups -OCH3 is 2. The molecule has 1 fully saturated rings. The molecule has 0 bridgehead atoms. The van der Waals surface area contributed by atoms with Crippen LogP contribution in [-0.4, -0.2) is 37.6 Å². The van der Waals surface area contributed by atoms with Crippen molar-refractivity contribution < 1.29 is 19.1 Å². The first-order valence-corrected chi connectivity index (χ1v) is 9.59. The molecular formula is C20H19N3O4S. The topological polar surface area (TPSA) is 80.8 Å². The summed E-state index contributed by atoms with van der Waals surface area (Å²) in [6, 6.07) is 12.9. The van der Waals surface area contributed by atoms with Crippen molar-refractivity contribution in [2.24, 2.45) is 5.92 Å². The number of rotatable bonds is 5. The second kappa shape index (κ2) is 7.47. The summed E-state index contributed by atoms with van der Waals surface area (Å²) in [5.74, 6) is 0.371. The molecular weight excluding hydrogens is 378 g/mol. The van der Waals surface area contributed by atoms with Crippen LogP contribution < -0.4 is 19.7 Å². The lowest BCUT2D eigenvalue weighted by Gasteiger charge is -2.20. The average Bonchev–Trinajstić information content (AvgIpc) is 3.30. The Hall–Kier alpha value is -3.13. The highest BCUT2D eigenvalue weighted by molar-refractivity contribution is 7.22. The number of hydrogen-bond acceptors (Lipinski definition) is 6. The predicted octanol–water partition coefficient (Wildman–Crippen LogP) is 3.31. The zero-order valence-electron chi connectivity index (χ0n) is 15.5. The first kappa shape index (κ1) is 18.2. The number of nitrogens with one attached hydrogen (secondary N) is 1. The molecule has 1 aliphatic rings. The predicted molar refractivity (Wildman–Crippen MR) is 108 cm³/mol. The van der Waals surface area contributed by atoms with Crippen LogP contribution in [-0.2, 0) is 9.59 Å². The van der Waals surface area contributed by atoms with E-state index in [4.69, 9.17) is 9.47 Å². The lowest BCUT2D eigenvalue weighted by Crippen LogP contribution is -2.28. The van der Waals surface area contributed by atoms with Gasteiger partial charge in [-0.1, -0.05) is 23.5 Å². The molecule has 28 heavy (non-hydrogen) atoms. The summed E-state index contributed by atoms with van der Waals surface area (Å²) in [7, 11) is 3.11. The Morgan fingerprint density at radius 3 is 2.79 bits per heavy atom. The third kappa shape index (κ3) is 3.38. The lowest BCUT2D eigenvalue weighted by molar-refractivity contribution is -0.122. The fourth-order valence-electron chi connectivity index (χ4n) is 3.26. The van der Waals surface area contributed by atoms with Crippen LogP contribution in [0, 0.1) is 5.92 Å². The quantitative estimate of drug-likeness (QED) is 0.714. The molecule has 0 unspecified atom stereocenters. The molecule has 1 saturated heterocycles. The number of benzene rings is 2. The molecule has 1 N–H and O–H groups in total. The number of para-hydroxylation sites is 1. The van der Waals surface area contributed by atoms with E-state index in [-0.39, 0.29) is 24.8 Å². The van der Waals surface area contributed by atoms with Crippen molar-refractivity contribution in [1.29, 1.82) is 0 Å². The zero-order valence-corrected chi connectivity index (χ0v) is 16.3. The Labute approximate surface area is 165 Å². The number of anilines is 2. The van der Waals surface area contributed by atoms with Gasteiger partial charge in [0.25, 0.3) is 0 Å². The molecule has 2 amide bonds. The number of nitrogens with zero attached hydrogens (tertiary/aromatic N) is 2. The van der Waals surface area contributed by atoms with Crippen LogP contribution in [0.4, 0.5) is 10.8 Å². The van der Waals surface area contributed by atoms with E-state index >= 15 is 0 Å². The van der Waals surface area contributed by atoms with Crippen molar-refractivity contribution in [2.75, 3.05) is 31.0 Å². The van der Waals surface area contributed by atoms with Gasteiger partial charge in [-0.3, -0.25) is 9.59 Å². The maximum atomic E-state index is 12.7. The summed E-state index contributed by atoms with van der Waals surface area (Å²) < 4.78 is 11.6. The van der Waals surface area contributed by atoms with Crippen LogP contribution in [0.15, 0.2) is 42.5 Å². The van der Waals surface area contributed by atoms with Gasteiger partial charge in [0.15, 0.2) is 5.13 Å². The van der Waals surface area contributed by atoms with Crippen LogP contribution in [0.25, 0.3) is 10.2 Å². The first-order valence-electron chi connectivity index (χ1n) is 8.78. The Bertz CT molecular complexity index is 1020. The number of ether oxygens (including phenoxy) is 2. The summed E-state index contributed by atoms with van der Waals surface area (Å²) >= 11 is 1.42. The van der Waals surface area contributed by atoms with Gasteiger partial charge in [0.05, 0.1) is 36.0 Å². The molecule has 7 nitrogen and oxygen atoms in total. The zero-order chi connectivity index (χ0) is 19.7. The SMILES string of the molecule is COc1ccc(OC)c(N2C[C@@H](C(=O)Nc3nc4ccccc4s3)CC2=O)c1. The molecule has 1 atom stereocenters. The summed E-state index contributed by atoms with van der Waals surface area (Å²) in [6.07, 6.45) is 0.136. The molecule has 4 rings (SSSR count). The molecule has 0 aliphatic carbocycles. The van der Waals surface area contributed by atoms with Gasteiger partial charge in [0.1, 0.15) is 11.5 Å². The Morgan fingerprint density at radius 2 is 2.04 bits per heavy atom. The molecule has 8 heteroatoms. The van der Waals surface area contributed by atoms with E-state index in [1.807, 2.05) is 24.3 Å². The third-order valence-corrected chi connectivity index (χ3v) is 5.65. The van der Waals surface area contributed by atoms with Crippen molar-refractivity contribution in [3.05, 3.63) is 42.5 Å². The van der Waals surface area contributed by atoms with Gasteiger partial charge >= 0.3 is 0 Å². The molecule has 1 aliphatic heterocycles. The van der Waals surface area contributed by atoms with Gasteiger partial charge in [-0.15, -0.1) is 0 Å². The monoisotopic (exact) mass is 397 g/mol. The van der Waals surface area contributed by atoms with Gasteiger partial charge in [0.2, 0.25) is 11.8 Å². The molecule has 3 aromatic rings. The maximum Gasteiger partial charge on any atom is 0.231 e. The van der Waals surface area contributed by atoms with E-state index in [9.17, 15) is 9.59 Å². The minimum Gasteiger partial charge on any atom is -0.497 e. The molecule has 0 saturated carbocycles. The van der Waals surface area contributed by atoms with Crippen molar-refractivity contribution in [2.45, 2.75) is 6.42 Å². The minimum atomic E-state index is -0.463. The van der Waals surface area contributed by atoms with E-state index in [0.29, 0.717) is 22.3 Å². The average molecular weight is 397 g/mol.